The molecular formula is C14H14N4. The minimum absolute atomic E-state index is 0.754. The zero-order valence-corrected chi connectivity index (χ0v) is 9.93. The van der Waals surface area contributed by atoms with Gasteiger partial charge in [0.15, 0.2) is 0 Å². The number of fused-ring (bicyclic) bond motifs is 1. The molecule has 3 aromatic rings. The number of hydrogen-bond donors (Lipinski definition) is 2. The van der Waals surface area contributed by atoms with Crippen molar-refractivity contribution in [2.75, 3.05) is 0 Å². The van der Waals surface area contributed by atoms with Crippen LogP contribution >= 0.6 is 0 Å². The first-order valence-electron chi connectivity index (χ1n) is 5.95. The molecule has 0 saturated carbocycles. The summed E-state index contributed by atoms with van der Waals surface area (Å²) >= 11 is 0. The van der Waals surface area contributed by atoms with Gasteiger partial charge < -0.3 is 5.32 Å². The molecular weight excluding hydrogens is 224 g/mol. The maximum absolute atomic E-state index is 4.61. The van der Waals surface area contributed by atoms with Gasteiger partial charge in [-0.05, 0) is 18.2 Å². The molecule has 1 aromatic carbocycles. The number of nitrogens with zero attached hydrogens (tertiary/aromatic N) is 2. The highest BCUT2D eigenvalue weighted by Crippen LogP contribution is 2.11. The van der Waals surface area contributed by atoms with Gasteiger partial charge in [0.2, 0.25) is 0 Å². The Morgan fingerprint density at radius 2 is 1.94 bits per heavy atom. The number of aromatic nitrogens is 3. The maximum atomic E-state index is 4.61. The zero-order chi connectivity index (χ0) is 12.2. The molecule has 2 heterocycles. The Bertz CT molecular complexity index is 631. The third-order valence-electron chi connectivity index (χ3n) is 2.84. The number of pyridine rings is 1. The van der Waals surface area contributed by atoms with Crippen LogP contribution in [0.2, 0.25) is 0 Å². The monoisotopic (exact) mass is 238 g/mol. The van der Waals surface area contributed by atoms with Crippen LogP contribution in [0.25, 0.3) is 10.9 Å². The highest BCUT2D eigenvalue weighted by molar-refractivity contribution is 5.78. The normalized spacial score (nSPS) is 10.9. The number of rotatable bonds is 4. The van der Waals surface area contributed by atoms with E-state index in [0.717, 1.165) is 30.0 Å². The Balaban J connectivity index is 1.67. The smallest absolute Gasteiger partial charge is 0.0705 e. The Kier molecular flexibility index (Phi) is 3.02. The zero-order valence-electron chi connectivity index (χ0n) is 9.93. The van der Waals surface area contributed by atoms with Gasteiger partial charge in [-0.3, -0.25) is 10.1 Å². The summed E-state index contributed by atoms with van der Waals surface area (Å²) in [5.74, 6) is 0. The Morgan fingerprint density at radius 3 is 2.83 bits per heavy atom. The second-order valence-electron chi connectivity index (χ2n) is 4.18. The van der Waals surface area contributed by atoms with Crippen LogP contribution in [0.5, 0.6) is 0 Å². The highest BCUT2D eigenvalue weighted by atomic mass is 15.1. The van der Waals surface area contributed by atoms with Crippen LogP contribution < -0.4 is 5.32 Å². The molecule has 0 aliphatic carbocycles. The molecule has 2 aromatic heterocycles. The fraction of sp³-hybridized carbons (Fsp3) is 0.143. The van der Waals surface area contributed by atoms with Crippen molar-refractivity contribution in [3.05, 3.63) is 60.0 Å². The molecule has 4 heteroatoms. The van der Waals surface area contributed by atoms with E-state index in [-0.39, 0.29) is 0 Å². The summed E-state index contributed by atoms with van der Waals surface area (Å²) in [6.07, 6.45) is 1.76. The van der Waals surface area contributed by atoms with Crippen molar-refractivity contribution >= 4 is 10.9 Å². The van der Waals surface area contributed by atoms with Gasteiger partial charge in [0.25, 0.3) is 0 Å². The summed E-state index contributed by atoms with van der Waals surface area (Å²) in [5.41, 5.74) is 3.17. The standard InChI is InChI=1S/C14H14N4/c1-2-4-14-11(3-1)5-6-12(17-14)9-15-10-13-7-8-16-18-13/h1-8,15H,9-10H2,(H,16,18). The van der Waals surface area contributed by atoms with Crippen LogP contribution in [0.15, 0.2) is 48.7 Å². The van der Waals surface area contributed by atoms with Crippen LogP contribution in [-0.4, -0.2) is 15.2 Å². The largest absolute Gasteiger partial charge is 0.306 e. The van der Waals surface area contributed by atoms with Crippen molar-refractivity contribution in [3.8, 4) is 0 Å². The predicted molar refractivity (Wildman–Crippen MR) is 70.9 cm³/mol. The van der Waals surface area contributed by atoms with Crippen LogP contribution in [-0.2, 0) is 13.1 Å². The number of nitrogens with one attached hydrogen (secondary N) is 2. The summed E-state index contributed by atoms with van der Waals surface area (Å²) in [6.45, 7) is 1.53. The van der Waals surface area contributed by atoms with Crippen LogP contribution in [0.4, 0.5) is 0 Å². The van der Waals surface area contributed by atoms with Crippen molar-refractivity contribution in [2.24, 2.45) is 0 Å². The third-order valence-corrected chi connectivity index (χ3v) is 2.84. The first-order chi connectivity index (χ1) is 8.92. The van der Waals surface area contributed by atoms with Crippen molar-refractivity contribution in [1.82, 2.24) is 20.5 Å². The quantitative estimate of drug-likeness (QED) is 0.733. The van der Waals surface area contributed by atoms with E-state index in [1.165, 1.54) is 5.39 Å². The fourth-order valence-corrected chi connectivity index (χ4v) is 1.92. The topological polar surface area (TPSA) is 53.6 Å². The van der Waals surface area contributed by atoms with E-state index in [1.807, 2.05) is 24.3 Å². The first-order valence-corrected chi connectivity index (χ1v) is 5.95. The molecule has 0 fully saturated rings. The van der Waals surface area contributed by atoms with Crippen LogP contribution in [0.3, 0.4) is 0 Å². The summed E-state index contributed by atoms with van der Waals surface area (Å²) < 4.78 is 0. The van der Waals surface area contributed by atoms with Crippen molar-refractivity contribution < 1.29 is 0 Å². The van der Waals surface area contributed by atoms with E-state index in [4.69, 9.17) is 0 Å². The molecule has 4 nitrogen and oxygen atoms in total. The molecule has 18 heavy (non-hydrogen) atoms. The number of H-pyrrole nitrogens is 1. The molecule has 0 aliphatic rings. The van der Waals surface area contributed by atoms with E-state index in [0.29, 0.717) is 0 Å². The first kappa shape index (κ1) is 10.9. The average Bonchev–Trinajstić information content (AvgIpc) is 2.92. The van der Waals surface area contributed by atoms with Gasteiger partial charge in [0.1, 0.15) is 0 Å². The van der Waals surface area contributed by atoms with Crippen molar-refractivity contribution in [3.63, 3.8) is 0 Å². The second-order valence-corrected chi connectivity index (χ2v) is 4.18. The molecule has 0 unspecified atom stereocenters. The fourth-order valence-electron chi connectivity index (χ4n) is 1.92. The van der Waals surface area contributed by atoms with Gasteiger partial charge in [-0.25, -0.2) is 0 Å². The lowest BCUT2D eigenvalue weighted by Gasteiger charge is -2.04. The molecule has 0 bridgehead atoms. The SMILES string of the molecule is c1ccc2nc(CNCc3ccn[nH]3)ccc2c1. The Labute approximate surface area is 105 Å². The van der Waals surface area contributed by atoms with Gasteiger partial charge in [-0.2, -0.15) is 5.10 Å². The van der Waals surface area contributed by atoms with Crippen LogP contribution in [0.1, 0.15) is 11.4 Å². The van der Waals surface area contributed by atoms with Gasteiger partial charge in [0, 0.05) is 30.4 Å². The maximum Gasteiger partial charge on any atom is 0.0705 e. The Hall–Kier alpha value is -2.20. The second kappa shape index (κ2) is 4.98. The van der Waals surface area contributed by atoms with E-state index in [1.54, 1.807) is 6.20 Å². The lowest BCUT2D eigenvalue weighted by Crippen LogP contribution is -2.13. The minimum Gasteiger partial charge on any atom is -0.306 e. The van der Waals surface area contributed by atoms with E-state index >= 15 is 0 Å². The predicted octanol–water partition coefficient (Wildman–Crippen LogP) is 2.25. The number of benzene rings is 1. The van der Waals surface area contributed by atoms with E-state index in [2.05, 4.69) is 38.7 Å². The Morgan fingerprint density at radius 1 is 1.00 bits per heavy atom. The molecule has 0 spiro atoms. The van der Waals surface area contributed by atoms with E-state index < -0.39 is 0 Å². The lowest BCUT2D eigenvalue weighted by molar-refractivity contribution is 0.667. The number of hydrogen-bond acceptors (Lipinski definition) is 3. The molecule has 0 radical (unpaired) electrons. The molecule has 2 N–H and O–H groups in total. The molecule has 3 rings (SSSR count). The van der Waals surface area contributed by atoms with Gasteiger partial charge in [0.05, 0.1) is 11.2 Å². The third kappa shape index (κ3) is 2.38. The summed E-state index contributed by atoms with van der Waals surface area (Å²) in [4.78, 5) is 4.61. The minimum atomic E-state index is 0.754. The molecule has 0 aliphatic heterocycles. The summed E-state index contributed by atoms with van der Waals surface area (Å²) in [5, 5.41) is 11.3. The van der Waals surface area contributed by atoms with Crippen LogP contribution in [0, 0.1) is 0 Å². The van der Waals surface area contributed by atoms with Gasteiger partial charge >= 0.3 is 0 Å². The van der Waals surface area contributed by atoms with Crippen molar-refractivity contribution in [1.29, 1.82) is 0 Å². The van der Waals surface area contributed by atoms with Gasteiger partial charge in [-0.15, -0.1) is 0 Å². The molecule has 0 amide bonds. The molecule has 90 valence electrons. The molecule has 0 saturated heterocycles. The van der Waals surface area contributed by atoms with Gasteiger partial charge in [-0.1, -0.05) is 24.3 Å². The lowest BCUT2D eigenvalue weighted by atomic mass is 10.2. The number of aromatic amines is 1. The van der Waals surface area contributed by atoms with E-state index in [9.17, 15) is 0 Å². The number of para-hydroxylation sites is 1. The highest BCUT2D eigenvalue weighted by Gasteiger charge is 1.98. The van der Waals surface area contributed by atoms with Crippen molar-refractivity contribution in [2.45, 2.75) is 13.1 Å². The average molecular weight is 238 g/mol. The summed E-state index contributed by atoms with van der Waals surface area (Å²) in [6, 6.07) is 14.3. The summed E-state index contributed by atoms with van der Waals surface area (Å²) in [7, 11) is 0. The molecule has 0 atom stereocenters.